The van der Waals surface area contributed by atoms with Gasteiger partial charge in [-0.3, -0.25) is 34.5 Å². The summed E-state index contributed by atoms with van der Waals surface area (Å²) in [5, 5.41) is 9.42. The smallest absolute Gasteiger partial charge is 0.221 e. The van der Waals surface area contributed by atoms with E-state index in [2.05, 4.69) is 39.8 Å². The molecule has 0 aliphatic carbocycles. The largest absolute Gasteiger partial charge is 0.374 e. The van der Waals surface area contributed by atoms with E-state index in [-0.39, 0.29) is 28.8 Å². The number of amides is 2. The Balaban J connectivity index is 1.39. The lowest BCUT2D eigenvalue weighted by Crippen LogP contribution is -2.58. The van der Waals surface area contributed by atoms with Gasteiger partial charge < -0.3 is 26.2 Å². The summed E-state index contributed by atoms with van der Waals surface area (Å²) in [7, 11) is 3.89. The molecule has 1 fully saturated rings. The van der Waals surface area contributed by atoms with Gasteiger partial charge in [0.05, 0.1) is 17.6 Å². The first kappa shape index (κ1) is 39.5. The Morgan fingerprint density at radius 2 is 1.41 bits per heavy atom. The van der Waals surface area contributed by atoms with E-state index in [4.69, 9.17) is 5.73 Å². The number of unbranched alkanes of at least 4 members (excludes halogenated alkanes) is 1. The number of anilines is 2. The molecule has 3 rings (SSSR count). The lowest BCUT2D eigenvalue weighted by atomic mass is 9.73. The lowest BCUT2D eigenvalue weighted by molar-refractivity contribution is -0.130. The zero-order valence-electron chi connectivity index (χ0n) is 30.3. The van der Waals surface area contributed by atoms with Crippen molar-refractivity contribution < 1.29 is 19.2 Å². The van der Waals surface area contributed by atoms with Crippen LogP contribution in [0, 0.1) is 11.3 Å². The third kappa shape index (κ3) is 11.1. The van der Waals surface area contributed by atoms with Crippen molar-refractivity contribution in [2.45, 2.75) is 96.7 Å². The zero-order valence-corrected chi connectivity index (χ0v) is 30.3. The van der Waals surface area contributed by atoms with Gasteiger partial charge in [-0.1, -0.05) is 20.8 Å². The molecule has 49 heavy (non-hydrogen) atoms. The number of rotatable bonds is 21. The van der Waals surface area contributed by atoms with E-state index in [0.717, 1.165) is 30.6 Å². The Labute approximate surface area is 292 Å². The van der Waals surface area contributed by atoms with Crippen molar-refractivity contribution in [3.05, 3.63) is 49.1 Å². The maximum Gasteiger partial charge on any atom is 0.221 e. The number of nitrogens with two attached hydrogens (primary N) is 1. The van der Waals surface area contributed by atoms with Crippen LogP contribution >= 0.6 is 0 Å². The highest BCUT2D eigenvalue weighted by atomic mass is 16.2. The van der Waals surface area contributed by atoms with Crippen LogP contribution in [0.25, 0.3) is 0 Å². The number of ketones is 2. The molecule has 2 aromatic rings. The van der Waals surface area contributed by atoms with Crippen molar-refractivity contribution in [1.29, 1.82) is 0 Å². The molecule has 0 spiro atoms. The first-order valence-corrected chi connectivity index (χ1v) is 17.7. The first-order valence-electron chi connectivity index (χ1n) is 17.7. The predicted octanol–water partition coefficient (Wildman–Crippen LogP) is 3.26. The normalized spacial score (nSPS) is 20.7. The van der Waals surface area contributed by atoms with Crippen molar-refractivity contribution >= 4 is 34.8 Å². The minimum Gasteiger partial charge on any atom is -0.374 e. The maximum absolute atomic E-state index is 13.7. The second kappa shape index (κ2) is 18.7. The van der Waals surface area contributed by atoms with E-state index >= 15 is 0 Å². The third-order valence-corrected chi connectivity index (χ3v) is 10.4. The van der Waals surface area contributed by atoms with Gasteiger partial charge >= 0.3 is 0 Å². The monoisotopic (exact) mass is 678 g/mol. The number of hydrogen-bond donors (Lipinski definition) is 4. The fourth-order valence-electron chi connectivity index (χ4n) is 6.48. The summed E-state index contributed by atoms with van der Waals surface area (Å²) in [5.74, 6) is -0.659. The molecule has 5 N–H and O–H groups in total. The molecule has 3 heterocycles. The second-order valence-corrected chi connectivity index (χ2v) is 13.9. The average Bonchev–Trinajstić information content (AvgIpc) is 3.36. The highest BCUT2D eigenvalue weighted by molar-refractivity contribution is 6.03. The number of carbonyl (C=O) groups excluding carboxylic acids is 4. The quantitative estimate of drug-likeness (QED) is 0.144. The van der Waals surface area contributed by atoms with Gasteiger partial charge in [0.25, 0.3) is 0 Å². The van der Waals surface area contributed by atoms with Crippen LogP contribution in [0.2, 0.25) is 0 Å². The van der Waals surface area contributed by atoms with E-state index in [1.165, 1.54) is 0 Å². The molecule has 0 bridgehead atoms. The number of nitrogens with one attached hydrogen (secondary N) is 3. The Kier molecular flexibility index (Phi) is 15.1. The van der Waals surface area contributed by atoms with Crippen LogP contribution in [0.4, 0.5) is 11.4 Å². The van der Waals surface area contributed by atoms with E-state index < -0.39 is 23.5 Å². The van der Waals surface area contributed by atoms with Crippen molar-refractivity contribution in [3.8, 4) is 0 Å². The summed E-state index contributed by atoms with van der Waals surface area (Å²) in [6.45, 7) is 10.0. The van der Waals surface area contributed by atoms with E-state index in [1.54, 1.807) is 31.7 Å². The molecule has 5 atom stereocenters. The Bertz CT molecular complexity index is 1360. The minimum atomic E-state index is -1.05. The number of hydrogen-bond acceptors (Lipinski definition) is 10. The Hall–Kier alpha value is -3.90. The van der Waals surface area contributed by atoms with Gasteiger partial charge in [-0.2, -0.15) is 0 Å². The van der Waals surface area contributed by atoms with Crippen LogP contribution in [0.1, 0.15) is 79.1 Å². The van der Waals surface area contributed by atoms with Crippen LogP contribution in [0.3, 0.4) is 0 Å². The number of pyridine rings is 2. The van der Waals surface area contributed by atoms with Crippen molar-refractivity contribution in [2.75, 3.05) is 50.1 Å². The molecule has 1 saturated heterocycles. The maximum atomic E-state index is 13.7. The predicted molar refractivity (Wildman–Crippen MR) is 194 cm³/mol. The number of carbonyl (C=O) groups is 4. The fourth-order valence-corrected chi connectivity index (χ4v) is 6.48. The summed E-state index contributed by atoms with van der Waals surface area (Å²) in [4.78, 5) is 64.2. The molecule has 270 valence electrons. The molecule has 2 aromatic heterocycles. The molecular weight excluding hydrogens is 620 g/mol. The molecule has 2 amide bonds. The molecule has 0 aromatic carbocycles. The summed E-state index contributed by atoms with van der Waals surface area (Å²) in [6, 6.07) is 6.43. The lowest BCUT2D eigenvalue weighted by Gasteiger charge is -2.36. The van der Waals surface area contributed by atoms with Gasteiger partial charge in [-0.05, 0) is 75.1 Å². The first-order chi connectivity index (χ1) is 23.3. The SMILES string of the molecule is CCC(C)(CCCNC(=O)CCN(C)c1ccncc1)C1NC(C)(C(=O)C(N)CCCCNC(=O)CCN(C)c2ccncc2)C(C)C1=O. The van der Waals surface area contributed by atoms with Gasteiger partial charge in [0, 0.05) is 95.2 Å². The summed E-state index contributed by atoms with van der Waals surface area (Å²) in [5.41, 5.74) is 6.99. The molecule has 1 aliphatic rings. The van der Waals surface area contributed by atoms with Gasteiger partial charge in [0.2, 0.25) is 11.8 Å². The van der Waals surface area contributed by atoms with Gasteiger partial charge in [0.15, 0.2) is 11.6 Å². The Morgan fingerprint density at radius 3 is 1.90 bits per heavy atom. The summed E-state index contributed by atoms with van der Waals surface area (Å²) >= 11 is 0. The number of nitrogens with zero attached hydrogens (tertiary/aromatic N) is 4. The average molecular weight is 679 g/mol. The number of Topliss-reactive ketones (excluding diaryl/α,β-unsaturated/α-hetero) is 2. The summed E-state index contributed by atoms with van der Waals surface area (Å²) < 4.78 is 0. The standard InChI is InChI=1S/C37H58N8O4/c1-7-36(3,18-10-20-42-32(47)17-26-45(6)29-14-23-40-24-15-29)34-33(48)27(2)37(4,43-34)35(49)30(38)11-8-9-19-41-31(46)16-25-44(5)28-12-21-39-22-13-28/h12-15,21-24,27,30,34,43H,7-11,16-20,25-26,38H2,1-6H3,(H,41,46)(H,42,47). The fraction of sp³-hybridized carbons (Fsp3) is 0.622. The summed E-state index contributed by atoms with van der Waals surface area (Å²) in [6.07, 6.45) is 11.7. The zero-order chi connectivity index (χ0) is 36.0. The van der Waals surface area contributed by atoms with Crippen LogP contribution in [0.5, 0.6) is 0 Å². The van der Waals surface area contributed by atoms with Gasteiger partial charge in [-0.25, -0.2) is 0 Å². The second-order valence-electron chi connectivity index (χ2n) is 13.9. The number of aromatic nitrogens is 2. The molecule has 12 nitrogen and oxygen atoms in total. The molecular formula is C37H58N8O4. The minimum absolute atomic E-state index is 0.0119. The van der Waals surface area contributed by atoms with Crippen LogP contribution in [0.15, 0.2) is 49.1 Å². The molecule has 0 radical (unpaired) electrons. The highest BCUT2D eigenvalue weighted by Gasteiger charge is 2.56. The van der Waals surface area contributed by atoms with Gasteiger partial charge in [0.1, 0.15) is 0 Å². The molecule has 0 saturated carbocycles. The van der Waals surface area contributed by atoms with Gasteiger partial charge in [-0.15, -0.1) is 0 Å². The van der Waals surface area contributed by atoms with Crippen LogP contribution in [-0.4, -0.2) is 91.2 Å². The molecule has 12 heteroatoms. The van der Waals surface area contributed by atoms with E-state index in [0.29, 0.717) is 58.3 Å². The van der Waals surface area contributed by atoms with E-state index in [1.807, 2.05) is 55.1 Å². The molecule has 1 aliphatic heterocycles. The van der Waals surface area contributed by atoms with Crippen LogP contribution in [-0.2, 0) is 19.2 Å². The van der Waals surface area contributed by atoms with Crippen molar-refractivity contribution in [1.82, 2.24) is 25.9 Å². The van der Waals surface area contributed by atoms with Crippen molar-refractivity contribution in [3.63, 3.8) is 0 Å². The third-order valence-electron chi connectivity index (χ3n) is 10.4. The topological polar surface area (TPSA) is 163 Å². The van der Waals surface area contributed by atoms with Crippen LogP contribution < -0.4 is 31.5 Å². The highest BCUT2D eigenvalue weighted by Crippen LogP contribution is 2.41. The Morgan fingerprint density at radius 1 is 0.918 bits per heavy atom. The molecule has 5 unspecified atom stereocenters. The van der Waals surface area contributed by atoms with E-state index in [9.17, 15) is 19.2 Å². The van der Waals surface area contributed by atoms with Crippen molar-refractivity contribution in [2.24, 2.45) is 17.1 Å².